The van der Waals surface area contributed by atoms with Crippen LogP contribution in [0, 0.1) is 0 Å². The Morgan fingerprint density at radius 3 is 2.94 bits per heavy atom. The zero-order valence-electron chi connectivity index (χ0n) is 10.1. The monoisotopic (exact) mass is 237 g/mol. The Bertz CT molecular complexity index is 561. The maximum absolute atomic E-state index is 4.20. The first-order valence-electron chi connectivity index (χ1n) is 6.24. The normalized spacial score (nSPS) is 13.8. The smallest absolute Gasteiger partial charge is 0.146 e. The van der Waals surface area contributed by atoms with Crippen molar-refractivity contribution in [2.75, 3.05) is 5.43 Å². The van der Waals surface area contributed by atoms with Gasteiger partial charge in [0.05, 0.1) is 6.21 Å². The first-order chi connectivity index (χ1) is 8.92. The van der Waals surface area contributed by atoms with E-state index in [-0.39, 0.29) is 0 Å². The summed E-state index contributed by atoms with van der Waals surface area (Å²) in [4.78, 5) is 4.14. The summed E-state index contributed by atoms with van der Waals surface area (Å²) in [6.45, 7) is 0. The van der Waals surface area contributed by atoms with Crippen molar-refractivity contribution in [3.8, 4) is 0 Å². The largest absolute Gasteiger partial charge is 0.261 e. The van der Waals surface area contributed by atoms with Crippen molar-refractivity contribution in [3.05, 3.63) is 59.3 Å². The van der Waals surface area contributed by atoms with Crippen LogP contribution in [0.5, 0.6) is 0 Å². The van der Waals surface area contributed by atoms with Crippen LogP contribution >= 0.6 is 0 Å². The molecule has 0 atom stereocenters. The van der Waals surface area contributed by atoms with Gasteiger partial charge in [0.25, 0.3) is 0 Å². The number of nitrogens with one attached hydrogen (secondary N) is 1. The molecule has 0 bridgehead atoms. The highest BCUT2D eigenvalue weighted by Crippen LogP contribution is 2.22. The first-order valence-corrected chi connectivity index (χ1v) is 6.24. The zero-order chi connectivity index (χ0) is 12.2. The van der Waals surface area contributed by atoms with Gasteiger partial charge in [-0.15, -0.1) is 0 Å². The van der Waals surface area contributed by atoms with Gasteiger partial charge >= 0.3 is 0 Å². The molecule has 1 aromatic carbocycles. The Kier molecular flexibility index (Phi) is 3.05. The number of benzene rings is 1. The van der Waals surface area contributed by atoms with Crippen molar-refractivity contribution >= 4 is 12.0 Å². The summed E-state index contributed by atoms with van der Waals surface area (Å²) in [6, 6.07) is 12.3. The summed E-state index contributed by atoms with van der Waals surface area (Å²) < 4.78 is 0. The summed E-state index contributed by atoms with van der Waals surface area (Å²) >= 11 is 0. The van der Waals surface area contributed by atoms with E-state index in [1.807, 2.05) is 24.4 Å². The van der Waals surface area contributed by atoms with Gasteiger partial charge in [-0.25, -0.2) is 4.98 Å². The Balaban J connectivity index is 1.69. The summed E-state index contributed by atoms with van der Waals surface area (Å²) in [7, 11) is 0. The van der Waals surface area contributed by atoms with Gasteiger partial charge in [0.2, 0.25) is 0 Å². The molecule has 1 aliphatic rings. The molecular weight excluding hydrogens is 222 g/mol. The third-order valence-corrected chi connectivity index (χ3v) is 3.18. The molecule has 1 aliphatic carbocycles. The third-order valence-electron chi connectivity index (χ3n) is 3.18. The Labute approximate surface area is 107 Å². The molecule has 3 nitrogen and oxygen atoms in total. The van der Waals surface area contributed by atoms with Crippen molar-refractivity contribution in [1.82, 2.24) is 4.98 Å². The SMILES string of the molecule is C(=NNc1ccccn1)c1ccc2c(c1)CCC2. The predicted octanol–water partition coefficient (Wildman–Crippen LogP) is 3.02. The summed E-state index contributed by atoms with van der Waals surface area (Å²) in [5.41, 5.74) is 7.02. The number of pyridine rings is 1. The molecule has 1 heterocycles. The molecule has 0 aliphatic heterocycles. The van der Waals surface area contributed by atoms with E-state index in [9.17, 15) is 0 Å². The van der Waals surface area contributed by atoms with E-state index in [1.165, 1.54) is 30.4 Å². The minimum absolute atomic E-state index is 0.759. The van der Waals surface area contributed by atoms with Crippen molar-refractivity contribution in [2.45, 2.75) is 19.3 Å². The molecular formula is C15H15N3. The average Bonchev–Trinajstić information content (AvgIpc) is 2.87. The minimum atomic E-state index is 0.759. The van der Waals surface area contributed by atoms with Gasteiger partial charge in [-0.1, -0.05) is 18.2 Å². The standard InChI is InChI=1S/C15H15N3/c1-2-9-16-15(6-1)18-17-11-12-7-8-13-4-3-5-14(13)10-12/h1-2,6-11H,3-5H2,(H,16,18). The lowest BCUT2D eigenvalue weighted by Crippen LogP contribution is -1.93. The fraction of sp³-hybridized carbons (Fsp3) is 0.200. The number of rotatable bonds is 3. The van der Waals surface area contributed by atoms with Gasteiger partial charge in [-0.2, -0.15) is 5.10 Å². The number of hydrogen-bond acceptors (Lipinski definition) is 3. The van der Waals surface area contributed by atoms with Gasteiger partial charge in [-0.05, 0) is 54.2 Å². The van der Waals surface area contributed by atoms with E-state index in [2.05, 4.69) is 33.7 Å². The molecule has 1 aromatic heterocycles. The van der Waals surface area contributed by atoms with E-state index in [1.54, 1.807) is 6.20 Å². The number of fused-ring (bicyclic) bond motifs is 1. The Hall–Kier alpha value is -2.16. The van der Waals surface area contributed by atoms with Crippen molar-refractivity contribution in [1.29, 1.82) is 0 Å². The van der Waals surface area contributed by atoms with E-state index in [4.69, 9.17) is 0 Å². The Morgan fingerprint density at radius 1 is 1.11 bits per heavy atom. The van der Waals surface area contributed by atoms with Crippen molar-refractivity contribution in [2.24, 2.45) is 5.10 Å². The summed E-state index contributed by atoms with van der Waals surface area (Å²) in [5, 5.41) is 4.20. The van der Waals surface area contributed by atoms with Crippen LogP contribution in [0.25, 0.3) is 0 Å². The summed E-state index contributed by atoms with van der Waals surface area (Å²) in [6.07, 6.45) is 7.28. The quantitative estimate of drug-likeness (QED) is 0.658. The minimum Gasteiger partial charge on any atom is -0.261 e. The highest BCUT2D eigenvalue weighted by atomic mass is 15.3. The van der Waals surface area contributed by atoms with Crippen LogP contribution in [0.15, 0.2) is 47.7 Å². The molecule has 2 aromatic rings. The van der Waals surface area contributed by atoms with Gasteiger partial charge in [0, 0.05) is 6.20 Å². The molecule has 0 amide bonds. The number of nitrogens with zero attached hydrogens (tertiary/aromatic N) is 2. The van der Waals surface area contributed by atoms with Crippen molar-refractivity contribution < 1.29 is 0 Å². The number of hydrogen-bond donors (Lipinski definition) is 1. The first kappa shape index (κ1) is 11.0. The second kappa shape index (κ2) is 5.00. The highest BCUT2D eigenvalue weighted by Gasteiger charge is 2.09. The number of hydrazone groups is 1. The molecule has 0 saturated carbocycles. The number of aryl methyl sites for hydroxylation is 2. The van der Waals surface area contributed by atoms with Crippen LogP contribution in [0.2, 0.25) is 0 Å². The Morgan fingerprint density at radius 2 is 2.06 bits per heavy atom. The topological polar surface area (TPSA) is 37.3 Å². The maximum Gasteiger partial charge on any atom is 0.146 e. The fourth-order valence-corrected chi connectivity index (χ4v) is 2.27. The molecule has 0 saturated heterocycles. The zero-order valence-corrected chi connectivity index (χ0v) is 10.1. The lowest BCUT2D eigenvalue weighted by Gasteiger charge is -2.01. The van der Waals surface area contributed by atoms with Gasteiger partial charge in [0.15, 0.2) is 0 Å². The third kappa shape index (κ3) is 2.40. The fourth-order valence-electron chi connectivity index (χ4n) is 2.27. The molecule has 0 fully saturated rings. The molecule has 3 heteroatoms. The van der Waals surface area contributed by atoms with E-state index in [0.717, 1.165) is 11.4 Å². The molecule has 0 spiro atoms. The van der Waals surface area contributed by atoms with Gasteiger partial charge in [-0.3, -0.25) is 5.43 Å². The van der Waals surface area contributed by atoms with E-state index in [0.29, 0.717) is 0 Å². The molecule has 3 rings (SSSR count). The van der Waals surface area contributed by atoms with Crippen LogP contribution in [0.1, 0.15) is 23.1 Å². The lowest BCUT2D eigenvalue weighted by molar-refractivity contribution is 0.912. The molecule has 1 N–H and O–H groups in total. The second-order valence-corrected chi connectivity index (χ2v) is 4.47. The molecule has 0 radical (unpaired) electrons. The highest BCUT2D eigenvalue weighted by molar-refractivity contribution is 5.80. The number of anilines is 1. The van der Waals surface area contributed by atoms with Gasteiger partial charge in [0.1, 0.15) is 5.82 Å². The summed E-state index contributed by atoms with van der Waals surface area (Å²) in [5.74, 6) is 0.759. The van der Waals surface area contributed by atoms with Crippen LogP contribution < -0.4 is 5.43 Å². The van der Waals surface area contributed by atoms with Crippen LogP contribution in [0.4, 0.5) is 5.82 Å². The lowest BCUT2D eigenvalue weighted by atomic mass is 10.1. The van der Waals surface area contributed by atoms with Gasteiger partial charge < -0.3 is 0 Å². The van der Waals surface area contributed by atoms with Crippen LogP contribution in [-0.2, 0) is 12.8 Å². The molecule has 18 heavy (non-hydrogen) atoms. The van der Waals surface area contributed by atoms with Crippen molar-refractivity contribution in [3.63, 3.8) is 0 Å². The van der Waals surface area contributed by atoms with E-state index >= 15 is 0 Å². The average molecular weight is 237 g/mol. The van der Waals surface area contributed by atoms with Crippen LogP contribution in [0.3, 0.4) is 0 Å². The van der Waals surface area contributed by atoms with E-state index < -0.39 is 0 Å². The molecule has 0 unspecified atom stereocenters. The predicted molar refractivity (Wildman–Crippen MR) is 73.9 cm³/mol. The van der Waals surface area contributed by atoms with Crippen LogP contribution in [-0.4, -0.2) is 11.2 Å². The number of aromatic nitrogens is 1. The maximum atomic E-state index is 4.20. The second-order valence-electron chi connectivity index (χ2n) is 4.47. The molecule has 90 valence electrons.